The van der Waals surface area contributed by atoms with Crippen molar-refractivity contribution in [2.45, 2.75) is 51.0 Å². The largest absolute Gasteiger partial charge is 0.496 e. The number of nitrogens with one attached hydrogen (secondary N) is 1. The maximum atomic E-state index is 13.4. The van der Waals surface area contributed by atoms with Crippen molar-refractivity contribution in [1.29, 1.82) is 0 Å². The van der Waals surface area contributed by atoms with Crippen LogP contribution in [0.25, 0.3) is 11.1 Å². The third-order valence-corrected chi connectivity index (χ3v) is 8.02. The van der Waals surface area contributed by atoms with Gasteiger partial charge in [0.15, 0.2) is 6.29 Å². The van der Waals surface area contributed by atoms with Crippen molar-refractivity contribution in [3.05, 3.63) is 76.3 Å². The molecule has 0 bridgehead atoms. The van der Waals surface area contributed by atoms with Gasteiger partial charge in [0.25, 0.3) is 0 Å². The lowest BCUT2D eigenvalue weighted by Crippen LogP contribution is -2.31. The van der Waals surface area contributed by atoms with Crippen molar-refractivity contribution in [2.24, 2.45) is 0 Å². The molecule has 0 aromatic heterocycles. The molecule has 1 aliphatic rings. The molecule has 0 radical (unpaired) electrons. The van der Waals surface area contributed by atoms with Crippen LogP contribution in [0, 0.1) is 20.8 Å². The van der Waals surface area contributed by atoms with Gasteiger partial charge in [0.1, 0.15) is 18.1 Å². The van der Waals surface area contributed by atoms with Gasteiger partial charge in [0.05, 0.1) is 12.0 Å². The van der Waals surface area contributed by atoms with Gasteiger partial charge >= 0.3 is 0 Å². The summed E-state index contributed by atoms with van der Waals surface area (Å²) in [6.07, 6.45) is 3.03. The van der Waals surface area contributed by atoms with Gasteiger partial charge in [-0.25, -0.2) is 13.1 Å². The molecule has 0 heterocycles. The Morgan fingerprint density at radius 3 is 2.43 bits per heavy atom. The number of methoxy groups -OCH3 is 1. The minimum Gasteiger partial charge on any atom is -0.496 e. The molecule has 0 unspecified atom stereocenters. The van der Waals surface area contributed by atoms with Crippen LogP contribution in [0.15, 0.2) is 53.4 Å². The van der Waals surface area contributed by atoms with Crippen LogP contribution < -0.4 is 14.2 Å². The molecule has 0 aliphatic heterocycles. The van der Waals surface area contributed by atoms with Crippen LogP contribution in [0.3, 0.4) is 0 Å². The Kier molecular flexibility index (Phi) is 7.28. The molecule has 35 heavy (non-hydrogen) atoms. The predicted octanol–water partition coefficient (Wildman–Crippen LogP) is 5.22. The minimum atomic E-state index is -3.75. The SMILES string of the molecule is COc1c(C)cc(-c2ccc(S(=O)(=O)N[C@@H]3CCCc4c(OCC=O)cccc43)cc2C)cc1C. The first-order chi connectivity index (χ1) is 16.7. The highest BCUT2D eigenvalue weighted by atomic mass is 32.2. The Labute approximate surface area is 207 Å². The van der Waals surface area contributed by atoms with Crippen molar-refractivity contribution in [1.82, 2.24) is 4.72 Å². The molecular formula is C28H31NO5S. The van der Waals surface area contributed by atoms with E-state index in [0.717, 1.165) is 57.5 Å². The molecule has 3 aromatic rings. The number of sulfonamides is 1. The molecule has 1 atom stereocenters. The van der Waals surface area contributed by atoms with Gasteiger partial charge < -0.3 is 9.47 Å². The van der Waals surface area contributed by atoms with E-state index >= 15 is 0 Å². The molecular weight excluding hydrogens is 462 g/mol. The van der Waals surface area contributed by atoms with Gasteiger partial charge in [-0.3, -0.25) is 4.79 Å². The van der Waals surface area contributed by atoms with Gasteiger partial charge in [-0.2, -0.15) is 0 Å². The van der Waals surface area contributed by atoms with Crippen LogP contribution in [0.4, 0.5) is 0 Å². The van der Waals surface area contributed by atoms with Crippen molar-refractivity contribution < 1.29 is 22.7 Å². The first-order valence-corrected chi connectivity index (χ1v) is 13.2. The summed E-state index contributed by atoms with van der Waals surface area (Å²) in [7, 11) is -2.08. The Bertz CT molecular complexity index is 1340. The predicted molar refractivity (Wildman–Crippen MR) is 137 cm³/mol. The van der Waals surface area contributed by atoms with E-state index in [1.165, 1.54) is 0 Å². The van der Waals surface area contributed by atoms with Gasteiger partial charge in [0.2, 0.25) is 10.0 Å². The van der Waals surface area contributed by atoms with Gasteiger partial charge in [-0.1, -0.05) is 18.2 Å². The van der Waals surface area contributed by atoms with Crippen LogP contribution in [-0.4, -0.2) is 28.4 Å². The summed E-state index contributed by atoms with van der Waals surface area (Å²) in [6.45, 7) is 5.91. The van der Waals surface area contributed by atoms with Crippen LogP contribution >= 0.6 is 0 Å². The fourth-order valence-corrected chi connectivity index (χ4v) is 6.34. The fraction of sp³-hybridized carbons (Fsp3) is 0.321. The molecule has 6 nitrogen and oxygen atoms in total. The molecule has 3 aromatic carbocycles. The zero-order valence-electron chi connectivity index (χ0n) is 20.6. The summed E-state index contributed by atoms with van der Waals surface area (Å²) in [5.74, 6) is 1.51. The zero-order chi connectivity index (χ0) is 25.2. The maximum absolute atomic E-state index is 13.4. The van der Waals surface area contributed by atoms with E-state index < -0.39 is 10.0 Å². The molecule has 1 aliphatic carbocycles. The molecule has 0 spiro atoms. The number of fused-ring (bicyclic) bond motifs is 1. The van der Waals surface area contributed by atoms with E-state index in [9.17, 15) is 13.2 Å². The third-order valence-electron chi connectivity index (χ3n) is 6.55. The number of aryl methyl sites for hydroxylation is 3. The molecule has 0 fully saturated rings. The summed E-state index contributed by atoms with van der Waals surface area (Å²) >= 11 is 0. The number of hydrogen-bond acceptors (Lipinski definition) is 5. The maximum Gasteiger partial charge on any atom is 0.241 e. The number of ether oxygens (including phenoxy) is 2. The second-order valence-electron chi connectivity index (χ2n) is 8.99. The molecule has 0 saturated carbocycles. The Morgan fingerprint density at radius 2 is 1.77 bits per heavy atom. The molecule has 0 amide bonds. The average Bonchev–Trinajstić information content (AvgIpc) is 2.82. The number of benzene rings is 3. The van der Waals surface area contributed by atoms with Crippen LogP contribution in [0.1, 0.15) is 46.7 Å². The Hall–Kier alpha value is -3.16. The standard InChI is InChI=1S/C28H31NO5S/c1-18-17-22(11-12-23(18)21-15-19(2)28(33-4)20(3)16-21)35(31,32)29-26-9-5-8-25-24(26)7-6-10-27(25)34-14-13-30/h6-7,10-13,15-17,26,29H,5,8-9,14H2,1-4H3/t26-/m1/s1. The number of hydrogen-bond donors (Lipinski definition) is 1. The van der Waals surface area contributed by atoms with E-state index in [1.807, 2.05) is 45.0 Å². The zero-order valence-corrected chi connectivity index (χ0v) is 21.4. The summed E-state index contributed by atoms with van der Waals surface area (Å²) < 4.78 is 40.6. The second kappa shape index (κ2) is 10.2. The first-order valence-electron chi connectivity index (χ1n) is 11.7. The lowest BCUT2D eigenvalue weighted by Gasteiger charge is -2.27. The Balaban J connectivity index is 1.62. The van der Waals surface area contributed by atoms with Crippen molar-refractivity contribution in [3.8, 4) is 22.6 Å². The number of carbonyl (C=O) groups is 1. The van der Waals surface area contributed by atoms with Crippen molar-refractivity contribution >= 4 is 16.3 Å². The van der Waals surface area contributed by atoms with E-state index in [1.54, 1.807) is 19.2 Å². The minimum absolute atomic E-state index is 0.0221. The molecule has 184 valence electrons. The van der Waals surface area contributed by atoms with E-state index in [4.69, 9.17) is 9.47 Å². The van der Waals surface area contributed by atoms with Crippen molar-refractivity contribution in [3.63, 3.8) is 0 Å². The number of aldehydes is 1. The van der Waals surface area contributed by atoms with Gasteiger partial charge in [-0.05, 0) is 109 Å². The summed E-state index contributed by atoms with van der Waals surface area (Å²) in [5, 5.41) is 0. The third kappa shape index (κ3) is 5.11. The highest BCUT2D eigenvalue weighted by Crippen LogP contribution is 2.37. The summed E-state index contributed by atoms with van der Waals surface area (Å²) in [6, 6.07) is 14.6. The van der Waals surface area contributed by atoms with Crippen LogP contribution in [0.5, 0.6) is 11.5 Å². The molecule has 1 N–H and O–H groups in total. The van der Waals surface area contributed by atoms with Crippen molar-refractivity contribution in [2.75, 3.05) is 13.7 Å². The van der Waals surface area contributed by atoms with Gasteiger partial charge in [0, 0.05) is 6.04 Å². The Morgan fingerprint density at radius 1 is 1.03 bits per heavy atom. The highest BCUT2D eigenvalue weighted by molar-refractivity contribution is 7.89. The quantitative estimate of drug-likeness (QED) is 0.435. The number of rotatable bonds is 8. The lowest BCUT2D eigenvalue weighted by molar-refractivity contribution is -0.109. The summed E-state index contributed by atoms with van der Waals surface area (Å²) in [5.41, 5.74) is 6.83. The second-order valence-corrected chi connectivity index (χ2v) is 10.7. The molecule has 7 heteroatoms. The van der Waals surface area contributed by atoms with E-state index in [2.05, 4.69) is 16.9 Å². The molecule has 0 saturated heterocycles. The summed E-state index contributed by atoms with van der Waals surface area (Å²) in [4.78, 5) is 11.0. The van der Waals surface area contributed by atoms with Crippen LogP contribution in [0.2, 0.25) is 0 Å². The average molecular weight is 494 g/mol. The van der Waals surface area contributed by atoms with E-state index in [-0.39, 0.29) is 17.5 Å². The lowest BCUT2D eigenvalue weighted by atomic mass is 9.87. The topological polar surface area (TPSA) is 81.7 Å². The smallest absolute Gasteiger partial charge is 0.241 e. The monoisotopic (exact) mass is 493 g/mol. The van der Waals surface area contributed by atoms with E-state index in [0.29, 0.717) is 18.5 Å². The molecule has 4 rings (SSSR count). The van der Waals surface area contributed by atoms with Gasteiger partial charge in [-0.15, -0.1) is 0 Å². The fourth-order valence-electron chi connectivity index (χ4n) is 5.01. The van der Waals surface area contributed by atoms with Crippen LogP contribution in [-0.2, 0) is 21.2 Å². The number of carbonyl (C=O) groups excluding carboxylic acids is 1. The first kappa shape index (κ1) is 24.9. The normalized spacial score (nSPS) is 15.4. The highest BCUT2D eigenvalue weighted by Gasteiger charge is 2.28.